The quantitative estimate of drug-likeness (QED) is 0.851. The molecule has 0 saturated carbocycles. The summed E-state index contributed by atoms with van der Waals surface area (Å²) < 4.78 is 39.3. The van der Waals surface area contributed by atoms with Gasteiger partial charge in [0.2, 0.25) is 0 Å². The molecule has 0 aliphatic carbocycles. The molecule has 2 aromatic rings. The zero-order valence-electron chi connectivity index (χ0n) is 14.5. The summed E-state index contributed by atoms with van der Waals surface area (Å²) in [4.78, 5) is 24.5. The lowest BCUT2D eigenvalue weighted by Crippen LogP contribution is -2.40. The van der Waals surface area contributed by atoms with Crippen LogP contribution in [0.3, 0.4) is 0 Å². The molecule has 1 saturated heterocycles. The van der Waals surface area contributed by atoms with Crippen LogP contribution < -0.4 is 5.32 Å². The number of hydrogen-bond acceptors (Lipinski definition) is 2. The van der Waals surface area contributed by atoms with Crippen LogP contribution in [0.15, 0.2) is 42.5 Å². The molecule has 144 valence electrons. The molecular formula is C19H19F3N2O3. The maximum absolute atomic E-state index is 13.1. The van der Waals surface area contributed by atoms with Crippen LogP contribution in [0.1, 0.15) is 18.5 Å². The number of nitrogens with zero attached hydrogens (tertiary/aromatic N) is 1. The normalized spacial score (nSPS) is 21.3. The molecule has 5 nitrogen and oxygen atoms in total. The molecule has 8 heteroatoms. The van der Waals surface area contributed by atoms with Gasteiger partial charge in [-0.05, 0) is 23.3 Å². The van der Waals surface area contributed by atoms with E-state index < -0.39 is 49.1 Å². The van der Waals surface area contributed by atoms with Crippen LogP contribution in [-0.4, -0.2) is 41.3 Å². The zero-order chi connectivity index (χ0) is 19.8. The maximum atomic E-state index is 13.1. The molecule has 2 amide bonds. The van der Waals surface area contributed by atoms with Crippen molar-refractivity contribution in [1.82, 2.24) is 10.2 Å². The number of likely N-dealkylation sites (tertiary alicyclic amines) is 1. The first-order valence-corrected chi connectivity index (χ1v) is 8.51. The van der Waals surface area contributed by atoms with E-state index in [1.807, 2.05) is 42.5 Å². The van der Waals surface area contributed by atoms with Crippen LogP contribution in [0, 0.1) is 11.8 Å². The molecule has 1 unspecified atom stereocenters. The Kier molecular flexibility index (Phi) is 4.99. The van der Waals surface area contributed by atoms with Crippen molar-refractivity contribution in [1.29, 1.82) is 0 Å². The average molecular weight is 380 g/mol. The second-order valence-electron chi connectivity index (χ2n) is 6.74. The highest BCUT2D eigenvalue weighted by Crippen LogP contribution is 2.38. The number of amides is 2. The van der Waals surface area contributed by atoms with Crippen LogP contribution in [0.5, 0.6) is 0 Å². The van der Waals surface area contributed by atoms with E-state index in [9.17, 15) is 22.8 Å². The number of fused-ring (bicyclic) bond motifs is 1. The largest absolute Gasteiger partial charge is 0.481 e. The number of benzene rings is 2. The third-order valence-electron chi connectivity index (χ3n) is 4.97. The highest BCUT2D eigenvalue weighted by Gasteiger charge is 2.53. The van der Waals surface area contributed by atoms with Gasteiger partial charge in [-0.15, -0.1) is 0 Å². The molecule has 0 aromatic heterocycles. The Balaban J connectivity index is 1.76. The molecule has 3 atom stereocenters. The first-order valence-electron chi connectivity index (χ1n) is 8.51. The number of carboxylic acid groups (broad SMARTS) is 1. The fraction of sp³-hybridized carbons (Fsp3) is 0.368. The van der Waals surface area contributed by atoms with E-state index >= 15 is 0 Å². The van der Waals surface area contributed by atoms with Crippen molar-refractivity contribution in [3.8, 4) is 0 Å². The molecule has 3 rings (SSSR count). The number of nitrogens with one attached hydrogen (secondary N) is 1. The Morgan fingerprint density at radius 2 is 1.81 bits per heavy atom. The van der Waals surface area contributed by atoms with Gasteiger partial charge in [0.1, 0.15) is 0 Å². The smallest absolute Gasteiger partial charge is 0.394 e. The summed E-state index contributed by atoms with van der Waals surface area (Å²) >= 11 is 0. The lowest BCUT2D eigenvalue weighted by Gasteiger charge is -2.22. The van der Waals surface area contributed by atoms with Crippen molar-refractivity contribution in [2.24, 2.45) is 11.8 Å². The zero-order valence-corrected chi connectivity index (χ0v) is 14.5. The second-order valence-corrected chi connectivity index (χ2v) is 6.74. The average Bonchev–Trinajstić information content (AvgIpc) is 3.07. The van der Waals surface area contributed by atoms with Gasteiger partial charge >= 0.3 is 18.2 Å². The Labute approximate surface area is 153 Å². The first-order chi connectivity index (χ1) is 12.7. The van der Waals surface area contributed by atoms with Gasteiger partial charge in [-0.2, -0.15) is 13.2 Å². The van der Waals surface area contributed by atoms with E-state index in [-0.39, 0.29) is 0 Å². The molecule has 0 radical (unpaired) electrons. The third kappa shape index (κ3) is 3.84. The van der Waals surface area contributed by atoms with E-state index in [2.05, 4.69) is 5.32 Å². The van der Waals surface area contributed by atoms with E-state index in [4.69, 9.17) is 5.11 Å². The SMILES string of the molecule is CC(NC(=O)N1C[C@@H](C(F)(F)F)[C@H](C(=O)O)C1)c1cccc2ccccc12. The number of carbonyl (C=O) groups is 2. The number of carbonyl (C=O) groups excluding carboxylic acids is 1. The molecule has 1 aliphatic heterocycles. The summed E-state index contributed by atoms with van der Waals surface area (Å²) in [5, 5.41) is 13.7. The van der Waals surface area contributed by atoms with Gasteiger partial charge < -0.3 is 15.3 Å². The lowest BCUT2D eigenvalue weighted by molar-refractivity contribution is -0.187. The van der Waals surface area contributed by atoms with Crippen molar-refractivity contribution in [2.45, 2.75) is 19.1 Å². The van der Waals surface area contributed by atoms with Crippen LogP contribution in [0.25, 0.3) is 10.8 Å². The summed E-state index contributed by atoms with van der Waals surface area (Å²) in [5.41, 5.74) is 0.836. The molecule has 2 N–H and O–H groups in total. The lowest BCUT2D eigenvalue weighted by atomic mass is 9.96. The van der Waals surface area contributed by atoms with Crippen LogP contribution in [0.2, 0.25) is 0 Å². The molecule has 1 fully saturated rings. The molecule has 0 bridgehead atoms. The summed E-state index contributed by atoms with van der Waals surface area (Å²) in [6.45, 7) is 0.619. The predicted molar refractivity (Wildman–Crippen MR) is 93.1 cm³/mol. The fourth-order valence-corrected chi connectivity index (χ4v) is 3.53. The van der Waals surface area contributed by atoms with Gasteiger partial charge in [-0.25, -0.2) is 4.79 Å². The van der Waals surface area contributed by atoms with E-state index in [0.717, 1.165) is 21.2 Å². The number of alkyl halides is 3. The van der Waals surface area contributed by atoms with E-state index in [0.29, 0.717) is 0 Å². The molecule has 2 aromatic carbocycles. The van der Waals surface area contributed by atoms with Crippen LogP contribution >= 0.6 is 0 Å². The number of halogens is 3. The summed E-state index contributed by atoms with van der Waals surface area (Å²) in [6, 6.07) is 12.1. The van der Waals surface area contributed by atoms with Crippen molar-refractivity contribution < 1.29 is 27.9 Å². The topological polar surface area (TPSA) is 69.6 Å². The van der Waals surface area contributed by atoms with Crippen molar-refractivity contribution in [3.63, 3.8) is 0 Å². The van der Waals surface area contributed by atoms with Crippen LogP contribution in [-0.2, 0) is 4.79 Å². The minimum Gasteiger partial charge on any atom is -0.481 e. The van der Waals surface area contributed by atoms with Gasteiger partial charge in [0.05, 0.1) is 17.9 Å². The van der Waals surface area contributed by atoms with Crippen molar-refractivity contribution in [2.75, 3.05) is 13.1 Å². The maximum Gasteiger partial charge on any atom is 0.394 e. The molecule has 0 spiro atoms. The monoisotopic (exact) mass is 380 g/mol. The second kappa shape index (κ2) is 7.09. The number of aliphatic carboxylic acids is 1. The standard InChI is InChI=1S/C19H19F3N2O3/c1-11(13-8-4-6-12-5-2-3-7-14(12)13)23-18(27)24-9-15(17(25)26)16(10-24)19(20,21)22/h2-8,11,15-16H,9-10H2,1H3,(H,23,27)(H,25,26)/t11?,15-,16-/m1/s1. The Morgan fingerprint density at radius 3 is 2.44 bits per heavy atom. The van der Waals surface area contributed by atoms with Crippen molar-refractivity contribution in [3.05, 3.63) is 48.0 Å². The summed E-state index contributed by atoms with van der Waals surface area (Å²) in [6.07, 6.45) is -4.67. The summed E-state index contributed by atoms with van der Waals surface area (Å²) in [5.74, 6) is -5.26. The van der Waals surface area contributed by atoms with Crippen LogP contribution in [0.4, 0.5) is 18.0 Å². The number of carboxylic acids is 1. The van der Waals surface area contributed by atoms with Gasteiger partial charge in [-0.1, -0.05) is 42.5 Å². The van der Waals surface area contributed by atoms with E-state index in [1.54, 1.807) is 6.92 Å². The predicted octanol–water partition coefficient (Wildman–Crippen LogP) is 3.81. The Hall–Kier alpha value is -2.77. The number of urea groups is 1. The molecule has 1 heterocycles. The van der Waals surface area contributed by atoms with Gasteiger partial charge in [-0.3, -0.25) is 4.79 Å². The van der Waals surface area contributed by atoms with Crippen molar-refractivity contribution >= 4 is 22.8 Å². The highest BCUT2D eigenvalue weighted by molar-refractivity contribution is 5.87. The molecular weight excluding hydrogens is 361 g/mol. The van der Waals surface area contributed by atoms with Gasteiger partial charge in [0.15, 0.2) is 0 Å². The number of hydrogen-bond donors (Lipinski definition) is 2. The number of rotatable bonds is 3. The summed E-state index contributed by atoms with van der Waals surface area (Å²) in [7, 11) is 0. The van der Waals surface area contributed by atoms with E-state index in [1.165, 1.54) is 0 Å². The van der Waals surface area contributed by atoms with Gasteiger partial charge in [0, 0.05) is 13.1 Å². The highest BCUT2D eigenvalue weighted by atomic mass is 19.4. The Bertz CT molecular complexity index is 863. The Morgan fingerprint density at radius 1 is 1.15 bits per heavy atom. The first kappa shape index (κ1) is 19.0. The minimum absolute atomic E-state index is 0.447. The van der Waals surface area contributed by atoms with Gasteiger partial charge in [0.25, 0.3) is 0 Å². The molecule has 27 heavy (non-hydrogen) atoms. The minimum atomic E-state index is -4.67. The third-order valence-corrected chi connectivity index (χ3v) is 4.97. The molecule has 1 aliphatic rings. The fourth-order valence-electron chi connectivity index (χ4n) is 3.53.